The number of likely N-dealkylation sites (N-methyl/N-ethyl adjacent to an activating group) is 1. The summed E-state index contributed by atoms with van der Waals surface area (Å²) >= 11 is 0. The van der Waals surface area contributed by atoms with Gasteiger partial charge in [0.25, 0.3) is 11.5 Å². The number of piperazine rings is 1. The first-order valence-corrected chi connectivity index (χ1v) is 9.62. The molecular weight excluding hydrogens is 371 g/mol. The monoisotopic (exact) mass is 394 g/mol. The Hall–Kier alpha value is -3.03. The van der Waals surface area contributed by atoms with Crippen molar-refractivity contribution in [2.75, 3.05) is 38.5 Å². The second-order valence-electron chi connectivity index (χ2n) is 7.45. The number of anilines is 1. The van der Waals surface area contributed by atoms with Gasteiger partial charge in [-0.2, -0.15) is 0 Å². The largest absolute Gasteiger partial charge is 0.321 e. The Labute approximate surface area is 167 Å². The average molecular weight is 394 g/mol. The molecule has 1 amide bonds. The first-order chi connectivity index (χ1) is 14.0. The molecule has 2 heterocycles. The van der Waals surface area contributed by atoms with Gasteiger partial charge < -0.3 is 15.2 Å². The lowest BCUT2D eigenvalue weighted by Gasteiger charge is -2.32. The summed E-state index contributed by atoms with van der Waals surface area (Å²) in [6.45, 7) is 4.56. The minimum absolute atomic E-state index is 0.0513. The molecule has 0 saturated carbocycles. The maximum Gasteiger partial charge on any atom is 0.261 e. The van der Waals surface area contributed by atoms with Crippen molar-refractivity contribution in [3.8, 4) is 0 Å². The van der Waals surface area contributed by atoms with Crippen LogP contribution in [0.4, 0.5) is 10.1 Å². The molecule has 1 aliphatic heterocycles. The van der Waals surface area contributed by atoms with Crippen LogP contribution in [0.15, 0.2) is 53.3 Å². The maximum absolute atomic E-state index is 14.6. The predicted octanol–water partition coefficient (Wildman–Crippen LogP) is 2.67. The number of aromatic nitrogens is 1. The van der Waals surface area contributed by atoms with Gasteiger partial charge >= 0.3 is 0 Å². The van der Waals surface area contributed by atoms with Crippen molar-refractivity contribution in [2.45, 2.75) is 6.54 Å². The molecule has 0 atom stereocenters. The first kappa shape index (κ1) is 19.3. The van der Waals surface area contributed by atoms with Gasteiger partial charge in [0, 0.05) is 38.2 Å². The number of fused-ring (bicyclic) bond motifs is 1. The number of carbonyl (C=O) groups excluding carboxylic acids is 1. The van der Waals surface area contributed by atoms with E-state index in [1.165, 1.54) is 12.1 Å². The molecule has 3 aromatic rings. The Balaban J connectivity index is 1.48. The Kier molecular flexibility index (Phi) is 5.42. The van der Waals surface area contributed by atoms with E-state index in [0.29, 0.717) is 12.1 Å². The molecule has 0 unspecified atom stereocenters. The lowest BCUT2D eigenvalue weighted by Crippen LogP contribution is -2.43. The molecule has 2 N–H and O–H groups in total. The summed E-state index contributed by atoms with van der Waals surface area (Å²) in [5.74, 6) is -1.15. The van der Waals surface area contributed by atoms with Crippen LogP contribution in [0, 0.1) is 5.82 Å². The van der Waals surface area contributed by atoms with Crippen LogP contribution in [0.2, 0.25) is 0 Å². The molecule has 6 nitrogen and oxygen atoms in total. The van der Waals surface area contributed by atoms with Gasteiger partial charge in [-0.15, -0.1) is 0 Å². The summed E-state index contributed by atoms with van der Waals surface area (Å²) in [6, 6.07) is 13.5. The minimum Gasteiger partial charge on any atom is -0.321 e. The highest BCUT2D eigenvalue weighted by Gasteiger charge is 2.17. The lowest BCUT2D eigenvalue weighted by molar-refractivity contribution is 0.102. The second-order valence-corrected chi connectivity index (χ2v) is 7.45. The Morgan fingerprint density at radius 2 is 1.86 bits per heavy atom. The van der Waals surface area contributed by atoms with Crippen LogP contribution in [0.25, 0.3) is 10.9 Å². The number of H-pyrrole nitrogens is 1. The predicted molar refractivity (Wildman–Crippen MR) is 112 cm³/mol. The van der Waals surface area contributed by atoms with Crippen LogP contribution in [0.5, 0.6) is 0 Å². The molecule has 0 spiro atoms. The van der Waals surface area contributed by atoms with E-state index < -0.39 is 17.3 Å². The number of amides is 1. The van der Waals surface area contributed by atoms with Crippen molar-refractivity contribution in [1.29, 1.82) is 0 Å². The molecule has 4 rings (SSSR count). The van der Waals surface area contributed by atoms with Crippen molar-refractivity contribution in [1.82, 2.24) is 14.8 Å². The van der Waals surface area contributed by atoms with Crippen molar-refractivity contribution in [3.63, 3.8) is 0 Å². The third-order valence-electron chi connectivity index (χ3n) is 5.28. The van der Waals surface area contributed by atoms with Crippen LogP contribution in [0.3, 0.4) is 0 Å². The highest BCUT2D eigenvalue weighted by molar-refractivity contribution is 6.05. The van der Waals surface area contributed by atoms with Crippen molar-refractivity contribution >= 4 is 22.5 Å². The van der Waals surface area contributed by atoms with Crippen molar-refractivity contribution in [3.05, 3.63) is 75.8 Å². The Morgan fingerprint density at radius 3 is 2.62 bits per heavy atom. The summed E-state index contributed by atoms with van der Waals surface area (Å²) in [4.78, 5) is 32.0. The van der Waals surface area contributed by atoms with Gasteiger partial charge in [0.2, 0.25) is 0 Å². The summed E-state index contributed by atoms with van der Waals surface area (Å²) in [6.07, 6.45) is 0. The van der Waals surface area contributed by atoms with Gasteiger partial charge in [0.1, 0.15) is 11.4 Å². The van der Waals surface area contributed by atoms with Gasteiger partial charge in [-0.05, 0) is 42.3 Å². The second kappa shape index (κ2) is 8.14. The number of hydrogen-bond acceptors (Lipinski definition) is 4. The third-order valence-corrected chi connectivity index (χ3v) is 5.28. The highest BCUT2D eigenvalue weighted by atomic mass is 19.1. The molecule has 7 heteroatoms. The van der Waals surface area contributed by atoms with Gasteiger partial charge in [0.05, 0.1) is 5.69 Å². The maximum atomic E-state index is 14.6. The molecule has 1 aromatic heterocycles. The van der Waals surface area contributed by atoms with E-state index in [0.717, 1.165) is 37.1 Å². The van der Waals surface area contributed by atoms with Crippen LogP contribution < -0.4 is 10.9 Å². The molecule has 1 aliphatic rings. The first-order valence-electron chi connectivity index (χ1n) is 9.62. The number of nitrogens with one attached hydrogen (secondary N) is 2. The van der Waals surface area contributed by atoms with E-state index in [-0.39, 0.29) is 11.3 Å². The molecule has 0 radical (unpaired) electrons. The summed E-state index contributed by atoms with van der Waals surface area (Å²) in [5.41, 5.74) is 1.00. The average Bonchev–Trinajstić information content (AvgIpc) is 2.71. The molecule has 29 heavy (non-hydrogen) atoms. The highest BCUT2D eigenvalue weighted by Crippen LogP contribution is 2.19. The standard InChI is InChI=1S/C22H23FN4O2/c1-26-8-10-27(11-9-26)14-15-6-7-20(18(23)12-15)25-22(29)17-13-16-4-2-3-5-19(16)24-21(17)28/h2-7,12-13H,8-11,14H2,1H3,(H,24,28)(H,25,29). The van der Waals surface area contributed by atoms with Crippen LogP contribution in [-0.2, 0) is 6.54 Å². The number of carbonyl (C=O) groups is 1. The van der Waals surface area contributed by atoms with E-state index in [4.69, 9.17) is 0 Å². The number of halogens is 1. The molecule has 1 fully saturated rings. The SMILES string of the molecule is CN1CCN(Cc2ccc(NC(=O)c3cc4ccccc4[nH]c3=O)c(F)c2)CC1. The van der Waals surface area contributed by atoms with E-state index in [2.05, 4.69) is 27.1 Å². The number of benzene rings is 2. The molecular formula is C22H23FN4O2. The van der Waals surface area contributed by atoms with Gasteiger partial charge in [-0.25, -0.2) is 4.39 Å². The molecule has 2 aromatic carbocycles. The smallest absolute Gasteiger partial charge is 0.261 e. The molecule has 150 valence electrons. The molecule has 1 saturated heterocycles. The summed E-state index contributed by atoms with van der Waals surface area (Å²) in [7, 11) is 2.09. The zero-order chi connectivity index (χ0) is 20.4. The minimum atomic E-state index is -0.636. The zero-order valence-corrected chi connectivity index (χ0v) is 16.2. The van der Waals surface area contributed by atoms with E-state index >= 15 is 0 Å². The van der Waals surface area contributed by atoms with Crippen LogP contribution >= 0.6 is 0 Å². The Morgan fingerprint density at radius 1 is 1.10 bits per heavy atom. The van der Waals surface area contributed by atoms with Crippen LogP contribution in [-0.4, -0.2) is 53.9 Å². The normalized spacial score (nSPS) is 15.5. The topological polar surface area (TPSA) is 68.4 Å². The zero-order valence-electron chi connectivity index (χ0n) is 16.2. The van der Waals surface area contributed by atoms with E-state index in [1.807, 2.05) is 12.1 Å². The third kappa shape index (κ3) is 4.36. The fourth-order valence-electron chi connectivity index (χ4n) is 3.53. The van der Waals surface area contributed by atoms with Crippen molar-refractivity contribution in [2.24, 2.45) is 0 Å². The molecule has 0 bridgehead atoms. The number of rotatable bonds is 4. The number of hydrogen-bond donors (Lipinski definition) is 2. The van der Waals surface area contributed by atoms with E-state index in [1.54, 1.807) is 24.3 Å². The fourth-order valence-corrected chi connectivity index (χ4v) is 3.53. The van der Waals surface area contributed by atoms with Gasteiger partial charge in [0.15, 0.2) is 0 Å². The van der Waals surface area contributed by atoms with Crippen molar-refractivity contribution < 1.29 is 9.18 Å². The summed E-state index contributed by atoms with van der Waals surface area (Å²) in [5, 5.41) is 3.25. The van der Waals surface area contributed by atoms with E-state index in [9.17, 15) is 14.0 Å². The van der Waals surface area contributed by atoms with Gasteiger partial charge in [-0.3, -0.25) is 14.5 Å². The quantitative estimate of drug-likeness (QED) is 0.714. The fraction of sp³-hybridized carbons (Fsp3) is 0.273. The molecule has 0 aliphatic carbocycles. The number of pyridine rings is 1. The van der Waals surface area contributed by atoms with Gasteiger partial charge in [-0.1, -0.05) is 24.3 Å². The van der Waals surface area contributed by atoms with Crippen LogP contribution in [0.1, 0.15) is 15.9 Å². The Bertz CT molecular complexity index is 1100. The number of para-hydroxylation sites is 1. The summed E-state index contributed by atoms with van der Waals surface area (Å²) < 4.78 is 14.6. The number of nitrogens with zero attached hydrogens (tertiary/aromatic N) is 2. The number of aromatic amines is 1. The lowest BCUT2D eigenvalue weighted by atomic mass is 10.1.